The van der Waals surface area contributed by atoms with Crippen molar-refractivity contribution in [1.29, 1.82) is 0 Å². The lowest BCUT2D eigenvalue weighted by atomic mass is 9.92. The van der Waals surface area contributed by atoms with Crippen LogP contribution in [-0.4, -0.2) is 29.0 Å². The molecule has 2 unspecified atom stereocenters. The minimum absolute atomic E-state index is 0.549. The van der Waals surface area contributed by atoms with E-state index in [0.29, 0.717) is 6.04 Å². The van der Waals surface area contributed by atoms with Gasteiger partial charge in [-0.15, -0.1) is 11.3 Å². The average molecular weight is 239 g/mol. The van der Waals surface area contributed by atoms with Crippen LogP contribution in [0, 0.1) is 12.8 Å². The number of nitrogens with zero attached hydrogens (tertiary/aromatic N) is 2. The monoisotopic (exact) mass is 239 g/mol. The van der Waals surface area contributed by atoms with Gasteiger partial charge in [0.2, 0.25) is 0 Å². The Morgan fingerprint density at radius 2 is 2.44 bits per heavy atom. The van der Waals surface area contributed by atoms with Gasteiger partial charge >= 0.3 is 0 Å². The van der Waals surface area contributed by atoms with E-state index in [9.17, 15) is 0 Å². The first-order chi connectivity index (χ1) is 7.69. The van der Waals surface area contributed by atoms with Gasteiger partial charge in [0.05, 0.1) is 6.54 Å². The van der Waals surface area contributed by atoms with Crippen molar-refractivity contribution in [2.75, 3.05) is 13.1 Å². The lowest BCUT2D eigenvalue weighted by Gasteiger charge is -2.37. The number of thiazole rings is 1. The molecule has 0 bridgehead atoms. The zero-order valence-corrected chi connectivity index (χ0v) is 11.0. The Hall–Kier alpha value is -0.450. The van der Waals surface area contributed by atoms with Crippen molar-refractivity contribution in [2.45, 2.75) is 39.3 Å². The second-order valence-electron chi connectivity index (χ2n) is 4.87. The van der Waals surface area contributed by atoms with Crippen LogP contribution < -0.4 is 5.73 Å². The van der Waals surface area contributed by atoms with Crippen molar-refractivity contribution in [3.8, 4) is 0 Å². The van der Waals surface area contributed by atoms with Gasteiger partial charge in [0, 0.05) is 23.7 Å². The van der Waals surface area contributed by atoms with Crippen LogP contribution in [0.15, 0.2) is 5.38 Å². The van der Waals surface area contributed by atoms with Gasteiger partial charge < -0.3 is 5.73 Å². The Morgan fingerprint density at radius 1 is 1.62 bits per heavy atom. The molecular formula is C12H21N3S. The van der Waals surface area contributed by atoms with E-state index in [1.807, 2.05) is 0 Å². The molecule has 1 fully saturated rings. The van der Waals surface area contributed by atoms with E-state index in [1.54, 1.807) is 11.3 Å². The molecule has 0 amide bonds. The highest BCUT2D eigenvalue weighted by Crippen LogP contribution is 2.24. The van der Waals surface area contributed by atoms with E-state index in [4.69, 9.17) is 5.73 Å². The molecule has 2 heterocycles. The number of aryl methyl sites for hydroxylation is 1. The molecule has 0 aliphatic carbocycles. The predicted octanol–water partition coefficient (Wildman–Crippen LogP) is 2.01. The quantitative estimate of drug-likeness (QED) is 0.877. The van der Waals surface area contributed by atoms with Gasteiger partial charge in [0.1, 0.15) is 5.01 Å². The molecule has 0 aromatic carbocycles. The summed E-state index contributed by atoms with van der Waals surface area (Å²) in [6, 6.07) is 0.549. The normalized spacial score (nSPS) is 27.2. The summed E-state index contributed by atoms with van der Waals surface area (Å²) in [6.07, 6.45) is 2.53. The van der Waals surface area contributed by atoms with Crippen molar-refractivity contribution in [3.63, 3.8) is 0 Å². The molecule has 1 aliphatic rings. The third kappa shape index (κ3) is 2.81. The molecule has 1 aliphatic heterocycles. The van der Waals surface area contributed by atoms with E-state index in [-0.39, 0.29) is 0 Å². The molecule has 0 radical (unpaired) electrons. The highest BCUT2D eigenvalue weighted by molar-refractivity contribution is 7.09. The van der Waals surface area contributed by atoms with Gasteiger partial charge in [0.15, 0.2) is 0 Å². The number of aromatic nitrogens is 1. The molecule has 2 atom stereocenters. The fraction of sp³-hybridized carbons (Fsp3) is 0.750. The Morgan fingerprint density at radius 3 is 3.06 bits per heavy atom. The topological polar surface area (TPSA) is 42.1 Å². The highest BCUT2D eigenvalue weighted by Gasteiger charge is 2.25. The van der Waals surface area contributed by atoms with Crippen LogP contribution in [0.4, 0.5) is 0 Å². The molecule has 4 heteroatoms. The van der Waals surface area contributed by atoms with Crippen LogP contribution in [0.5, 0.6) is 0 Å². The smallest absolute Gasteiger partial charge is 0.107 e. The lowest BCUT2D eigenvalue weighted by Crippen LogP contribution is -2.45. The van der Waals surface area contributed by atoms with Crippen LogP contribution in [0.2, 0.25) is 0 Å². The van der Waals surface area contributed by atoms with Crippen LogP contribution in [0.25, 0.3) is 0 Å². The minimum atomic E-state index is 0.549. The summed E-state index contributed by atoms with van der Waals surface area (Å²) < 4.78 is 0. The van der Waals surface area contributed by atoms with Crippen LogP contribution in [0.1, 0.15) is 30.5 Å². The molecule has 90 valence electrons. The summed E-state index contributed by atoms with van der Waals surface area (Å²) in [5.41, 5.74) is 6.99. The van der Waals surface area contributed by atoms with Crippen molar-refractivity contribution >= 4 is 11.3 Å². The fourth-order valence-corrected chi connectivity index (χ4v) is 3.20. The summed E-state index contributed by atoms with van der Waals surface area (Å²) in [5.74, 6) is 0.822. The summed E-state index contributed by atoms with van der Waals surface area (Å²) in [4.78, 5) is 7.03. The second kappa shape index (κ2) is 5.25. The van der Waals surface area contributed by atoms with Gasteiger partial charge in [0.25, 0.3) is 0 Å². The molecular weight excluding hydrogens is 218 g/mol. The summed E-state index contributed by atoms with van der Waals surface area (Å²) in [5, 5.41) is 3.35. The Balaban J connectivity index is 1.97. The number of nitrogens with two attached hydrogens (primary N) is 1. The van der Waals surface area contributed by atoms with Gasteiger partial charge in [-0.25, -0.2) is 4.98 Å². The Labute approximate surface area is 102 Å². The van der Waals surface area contributed by atoms with Gasteiger partial charge in [-0.2, -0.15) is 0 Å². The molecule has 2 N–H and O–H groups in total. The number of rotatable bonds is 3. The lowest BCUT2D eigenvalue weighted by molar-refractivity contribution is 0.115. The van der Waals surface area contributed by atoms with Crippen molar-refractivity contribution < 1.29 is 0 Å². The Kier molecular flexibility index (Phi) is 3.95. The molecule has 16 heavy (non-hydrogen) atoms. The maximum atomic E-state index is 5.86. The zero-order valence-electron chi connectivity index (χ0n) is 10.1. The third-order valence-electron chi connectivity index (χ3n) is 3.38. The van der Waals surface area contributed by atoms with Crippen LogP contribution in [-0.2, 0) is 6.54 Å². The SMILES string of the molecule is Cc1csc(CN2CCC(C)CC2CN)n1. The summed E-state index contributed by atoms with van der Waals surface area (Å²) >= 11 is 1.76. The van der Waals surface area contributed by atoms with E-state index < -0.39 is 0 Å². The molecule has 1 aromatic rings. The molecule has 0 saturated carbocycles. The van der Waals surface area contributed by atoms with Gasteiger partial charge in [-0.05, 0) is 32.2 Å². The van der Waals surface area contributed by atoms with Crippen LogP contribution >= 0.6 is 11.3 Å². The largest absolute Gasteiger partial charge is 0.329 e. The van der Waals surface area contributed by atoms with E-state index in [0.717, 1.165) is 24.7 Å². The van der Waals surface area contributed by atoms with E-state index >= 15 is 0 Å². The highest BCUT2D eigenvalue weighted by atomic mass is 32.1. The first kappa shape index (κ1) is 12.0. The molecule has 3 nitrogen and oxygen atoms in total. The van der Waals surface area contributed by atoms with Crippen molar-refractivity contribution in [1.82, 2.24) is 9.88 Å². The number of hydrogen-bond donors (Lipinski definition) is 1. The standard InChI is InChI=1S/C12H21N3S/c1-9-3-4-15(11(5-9)6-13)7-12-14-10(2)8-16-12/h8-9,11H,3-7,13H2,1-2H3. The molecule has 1 aromatic heterocycles. The van der Waals surface area contributed by atoms with Gasteiger partial charge in [-0.1, -0.05) is 6.92 Å². The van der Waals surface area contributed by atoms with Crippen molar-refractivity contribution in [3.05, 3.63) is 16.1 Å². The van der Waals surface area contributed by atoms with E-state index in [1.165, 1.54) is 24.4 Å². The third-order valence-corrected chi connectivity index (χ3v) is 4.33. The number of likely N-dealkylation sites (tertiary alicyclic amines) is 1. The summed E-state index contributed by atoms with van der Waals surface area (Å²) in [6.45, 7) is 7.30. The Bertz CT molecular complexity index is 337. The minimum Gasteiger partial charge on any atom is -0.329 e. The van der Waals surface area contributed by atoms with Crippen LogP contribution in [0.3, 0.4) is 0 Å². The molecule has 0 spiro atoms. The molecule has 1 saturated heterocycles. The maximum Gasteiger partial charge on any atom is 0.107 e. The molecule has 2 rings (SSSR count). The summed E-state index contributed by atoms with van der Waals surface area (Å²) in [7, 11) is 0. The fourth-order valence-electron chi connectivity index (χ4n) is 2.40. The number of hydrogen-bond acceptors (Lipinski definition) is 4. The predicted molar refractivity (Wildman–Crippen MR) is 68.5 cm³/mol. The van der Waals surface area contributed by atoms with E-state index in [2.05, 4.69) is 29.1 Å². The first-order valence-electron chi connectivity index (χ1n) is 6.04. The van der Waals surface area contributed by atoms with Crippen molar-refractivity contribution in [2.24, 2.45) is 11.7 Å². The average Bonchev–Trinajstić information content (AvgIpc) is 2.67. The second-order valence-corrected chi connectivity index (χ2v) is 5.81. The van der Waals surface area contributed by atoms with Gasteiger partial charge in [-0.3, -0.25) is 4.90 Å². The maximum absolute atomic E-state index is 5.86. The number of piperidine rings is 1. The first-order valence-corrected chi connectivity index (χ1v) is 6.92. The zero-order chi connectivity index (χ0) is 11.5.